The van der Waals surface area contributed by atoms with Crippen molar-refractivity contribution >= 4 is 11.6 Å². The van der Waals surface area contributed by atoms with Crippen LogP contribution in [0.1, 0.15) is 30.5 Å². The molecule has 0 aliphatic carbocycles. The van der Waals surface area contributed by atoms with Crippen molar-refractivity contribution in [2.24, 2.45) is 17.4 Å². The van der Waals surface area contributed by atoms with Crippen molar-refractivity contribution in [3.63, 3.8) is 0 Å². The van der Waals surface area contributed by atoms with E-state index in [1.54, 1.807) is 7.11 Å². The second-order valence-electron chi connectivity index (χ2n) is 4.27. The van der Waals surface area contributed by atoms with Crippen LogP contribution in [0, 0.1) is 12.8 Å². The van der Waals surface area contributed by atoms with Gasteiger partial charge in [-0.05, 0) is 37.1 Å². The van der Waals surface area contributed by atoms with E-state index in [0.717, 1.165) is 23.3 Å². The quantitative estimate of drug-likeness (QED) is 0.851. The number of benzene rings is 1. The van der Waals surface area contributed by atoms with Gasteiger partial charge < -0.3 is 16.2 Å². The van der Waals surface area contributed by atoms with Crippen molar-refractivity contribution < 1.29 is 4.74 Å². The number of nitrogens with two attached hydrogens (primary N) is 2. The molecule has 0 spiro atoms. The summed E-state index contributed by atoms with van der Waals surface area (Å²) in [5.74, 6) is 1.05. The number of methoxy groups -OCH3 is 1. The van der Waals surface area contributed by atoms with E-state index in [4.69, 9.17) is 27.8 Å². The lowest BCUT2D eigenvalue weighted by molar-refractivity contribution is 0.378. The van der Waals surface area contributed by atoms with Gasteiger partial charge in [0.2, 0.25) is 0 Å². The molecule has 0 saturated carbocycles. The van der Waals surface area contributed by atoms with Gasteiger partial charge in [0.15, 0.2) is 0 Å². The standard InChI is InChI=1S/C13H21ClN2O/c1-4-9(7-15)12(16)11-6-10(14)5-8(2)13(11)17-3/h5-6,9,12H,4,7,15-16H2,1-3H3. The lowest BCUT2D eigenvalue weighted by atomic mass is 9.90. The summed E-state index contributed by atoms with van der Waals surface area (Å²) in [6.45, 7) is 4.61. The molecule has 0 aromatic heterocycles. The minimum Gasteiger partial charge on any atom is -0.496 e. The third-order valence-corrected chi connectivity index (χ3v) is 3.38. The maximum absolute atomic E-state index is 6.26. The molecule has 0 aliphatic heterocycles. The van der Waals surface area contributed by atoms with Crippen molar-refractivity contribution in [1.29, 1.82) is 0 Å². The van der Waals surface area contributed by atoms with E-state index in [1.807, 2.05) is 19.1 Å². The van der Waals surface area contributed by atoms with Gasteiger partial charge in [0.25, 0.3) is 0 Å². The fourth-order valence-electron chi connectivity index (χ4n) is 2.10. The van der Waals surface area contributed by atoms with Gasteiger partial charge in [-0.15, -0.1) is 0 Å². The molecule has 0 saturated heterocycles. The first kappa shape index (κ1) is 14.3. The largest absolute Gasteiger partial charge is 0.496 e. The number of aryl methyl sites for hydroxylation is 1. The highest BCUT2D eigenvalue weighted by Crippen LogP contribution is 2.34. The first-order chi connectivity index (χ1) is 8.04. The van der Waals surface area contributed by atoms with E-state index < -0.39 is 0 Å². The molecule has 1 aromatic carbocycles. The second kappa shape index (κ2) is 6.24. The van der Waals surface area contributed by atoms with Crippen LogP contribution in [0.15, 0.2) is 12.1 Å². The summed E-state index contributed by atoms with van der Waals surface area (Å²) in [4.78, 5) is 0. The minimum absolute atomic E-state index is 0.141. The third-order valence-electron chi connectivity index (χ3n) is 3.17. The lowest BCUT2D eigenvalue weighted by Gasteiger charge is -2.24. The molecular formula is C13H21ClN2O. The van der Waals surface area contributed by atoms with Crippen LogP contribution in [-0.4, -0.2) is 13.7 Å². The van der Waals surface area contributed by atoms with Crippen molar-refractivity contribution in [3.05, 3.63) is 28.3 Å². The Bertz CT molecular complexity index is 378. The molecule has 0 amide bonds. The van der Waals surface area contributed by atoms with Crippen LogP contribution in [0.3, 0.4) is 0 Å². The lowest BCUT2D eigenvalue weighted by Crippen LogP contribution is -2.28. The van der Waals surface area contributed by atoms with E-state index in [-0.39, 0.29) is 12.0 Å². The zero-order valence-corrected chi connectivity index (χ0v) is 11.4. The van der Waals surface area contributed by atoms with Crippen LogP contribution in [0.4, 0.5) is 0 Å². The Balaban J connectivity index is 3.19. The Morgan fingerprint density at radius 3 is 2.53 bits per heavy atom. The number of hydrogen-bond donors (Lipinski definition) is 2. The highest BCUT2D eigenvalue weighted by Gasteiger charge is 2.21. The van der Waals surface area contributed by atoms with Gasteiger partial charge >= 0.3 is 0 Å². The molecule has 0 fully saturated rings. The Morgan fingerprint density at radius 1 is 1.41 bits per heavy atom. The first-order valence-electron chi connectivity index (χ1n) is 5.84. The highest BCUT2D eigenvalue weighted by atomic mass is 35.5. The molecule has 1 aromatic rings. The van der Waals surface area contributed by atoms with Gasteiger partial charge in [0.05, 0.1) is 7.11 Å². The first-order valence-corrected chi connectivity index (χ1v) is 6.22. The summed E-state index contributed by atoms with van der Waals surface area (Å²) in [7, 11) is 1.65. The Labute approximate surface area is 108 Å². The minimum atomic E-state index is -0.141. The Hall–Kier alpha value is -0.770. The summed E-state index contributed by atoms with van der Waals surface area (Å²) < 4.78 is 5.41. The normalized spacial score (nSPS) is 14.5. The van der Waals surface area contributed by atoms with E-state index in [1.165, 1.54) is 0 Å². The van der Waals surface area contributed by atoms with Crippen molar-refractivity contribution in [3.8, 4) is 5.75 Å². The summed E-state index contributed by atoms with van der Waals surface area (Å²) in [6.07, 6.45) is 0.937. The predicted octanol–water partition coefficient (Wildman–Crippen LogP) is 2.64. The van der Waals surface area contributed by atoms with Crippen LogP contribution < -0.4 is 16.2 Å². The SMILES string of the molecule is CCC(CN)C(N)c1cc(Cl)cc(C)c1OC. The zero-order chi connectivity index (χ0) is 13.0. The second-order valence-corrected chi connectivity index (χ2v) is 4.71. The van der Waals surface area contributed by atoms with Crippen LogP contribution in [-0.2, 0) is 0 Å². The van der Waals surface area contributed by atoms with E-state index in [9.17, 15) is 0 Å². The molecule has 0 heterocycles. The molecular weight excluding hydrogens is 236 g/mol. The van der Waals surface area contributed by atoms with Crippen LogP contribution >= 0.6 is 11.6 Å². The molecule has 3 nitrogen and oxygen atoms in total. The van der Waals surface area contributed by atoms with E-state index >= 15 is 0 Å². The molecule has 17 heavy (non-hydrogen) atoms. The maximum Gasteiger partial charge on any atom is 0.126 e. The van der Waals surface area contributed by atoms with Crippen molar-refractivity contribution in [2.45, 2.75) is 26.3 Å². The number of halogens is 1. The van der Waals surface area contributed by atoms with Gasteiger partial charge in [-0.2, -0.15) is 0 Å². The average Bonchev–Trinajstić information content (AvgIpc) is 2.29. The van der Waals surface area contributed by atoms with Crippen LogP contribution in [0.2, 0.25) is 5.02 Å². The molecule has 4 heteroatoms. The molecule has 4 N–H and O–H groups in total. The van der Waals surface area contributed by atoms with Crippen molar-refractivity contribution in [2.75, 3.05) is 13.7 Å². The molecule has 2 atom stereocenters. The van der Waals surface area contributed by atoms with Gasteiger partial charge in [0.1, 0.15) is 5.75 Å². The Kier molecular flexibility index (Phi) is 5.25. The predicted molar refractivity (Wildman–Crippen MR) is 72.5 cm³/mol. The maximum atomic E-state index is 6.26. The fourth-order valence-corrected chi connectivity index (χ4v) is 2.38. The van der Waals surface area contributed by atoms with E-state index in [0.29, 0.717) is 11.6 Å². The van der Waals surface area contributed by atoms with Gasteiger partial charge in [-0.25, -0.2) is 0 Å². The summed E-state index contributed by atoms with van der Waals surface area (Å²) in [5.41, 5.74) is 13.9. The summed E-state index contributed by atoms with van der Waals surface area (Å²) in [5, 5.41) is 0.681. The smallest absolute Gasteiger partial charge is 0.126 e. The zero-order valence-electron chi connectivity index (χ0n) is 10.7. The number of rotatable bonds is 5. The van der Waals surface area contributed by atoms with Crippen molar-refractivity contribution in [1.82, 2.24) is 0 Å². The van der Waals surface area contributed by atoms with Gasteiger partial charge in [-0.3, -0.25) is 0 Å². The topological polar surface area (TPSA) is 61.3 Å². The molecule has 0 radical (unpaired) electrons. The third kappa shape index (κ3) is 3.12. The monoisotopic (exact) mass is 256 g/mol. The van der Waals surface area contributed by atoms with Crippen LogP contribution in [0.25, 0.3) is 0 Å². The van der Waals surface area contributed by atoms with E-state index in [2.05, 4.69) is 6.92 Å². The van der Waals surface area contributed by atoms with Crippen LogP contribution in [0.5, 0.6) is 5.75 Å². The van der Waals surface area contributed by atoms with Gasteiger partial charge in [0, 0.05) is 16.6 Å². The fraction of sp³-hybridized carbons (Fsp3) is 0.538. The average molecular weight is 257 g/mol. The molecule has 0 aliphatic rings. The highest BCUT2D eigenvalue weighted by molar-refractivity contribution is 6.30. The summed E-state index contributed by atoms with van der Waals surface area (Å²) in [6, 6.07) is 3.61. The Morgan fingerprint density at radius 2 is 2.06 bits per heavy atom. The number of ether oxygens (including phenoxy) is 1. The van der Waals surface area contributed by atoms with Gasteiger partial charge in [-0.1, -0.05) is 24.9 Å². The molecule has 1 rings (SSSR count). The molecule has 0 bridgehead atoms. The number of hydrogen-bond acceptors (Lipinski definition) is 3. The summed E-state index contributed by atoms with van der Waals surface area (Å²) >= 11 is 6.07. The molecule has 96 valence electrons. The molecule has 2 unspecified atom stereocenters.